The summed E-state index contributed by atoms with van der Waals surface area (Å²) in [6.45, 7) is 0.934. The minimum atomic E-state index is -0.924. The van der Waals surface area contributed by atoms with E-state index >= 15 is 0 Å². The van der Waals surface area contributed by atoms with Crippen LogP contribution in [0, 0.1) is 17.0 Å². The van der Waals surface area contributed by atoms with Crippen molar-refractivity contribution >= 4 is 58.1 Å². The van der Waals surface area contributed by atoms with E-state index in [1.54, 1.807) is 6.92 Å². The van der Waals surface area contributed by atoms with E-state index in [1.807, 2.05) is 0 Å². The van der Waals surface area contributed by atoms with Crippen LogP contribution in [0.3, 0.4) is 0 Å². The Morgan fingerprint density at radius 3 is 2.46 bits per heavy atom. The van der Waals surface area contributed by atoms with Crippen LogP contribution in [0.5, 0.6) is 0 Å². The maximum absolute atomic E-state index is 12.1. The number of hydrogen-bond acceptors (Lipinski definition) is 5. The number of nitro groups is 1. The molecule has 0 spiro atoms. The van der Waals surface area contributed by atoms with Crippen molar-refractivity contribution in [2.75, 3.05) is 11.9 Å². The average molecular weight is 418 g/mol. The van der Waals surface area contributed by atoms with Gasteiger partial charge in [-0.2, -0.15) is 0 Å². The number of ether oxygens (including phenoxy) is 1. The van der Waals surface area contributed by atoms with Gasteiger partial charge in [0.15, 0.2) is 6.61 Å². The number of aryl methyl sites for hydroxylation is 1. The Labute approximate surface area is 162 Å². The molecular formula is C16H11Cl3N2O5. The highest BCUT2D eigenvalue weighted by atomic mass is 35.5. The topological polar surface area (TPSA) is 98.5 Å². The molecule has 0 atom stereocenters. The second-order valence-electron chi connectivity index (χ2n) is 5.10. The lowest BCUT2D eigenvalue weighted by molar-refractivity contribution is -0.385. The first-order valence-electron chi connectivity index (χ1n) is 7.06. The number of nitrogens with one attached hydrogen (secondary N) is 1. The second kappa shape index (κ2) is 8.35. The number of esters is 1. The number of nitro benzene ring substituents is 1. The predicted molar refractivity (Wildman–Crippen MR) is 98.2 cm³/mol. The molecule has 1 amide bonds. The molecule has 0 saturated carbocycles. The van der Waals surface area contributed by atoms with Gasteiger partial charge in [0.1, 0.15) is 0 Å². The number of benzene rings is 2. The van der Waals surface area contributed by atoms with Gasteiger partial charge >= 0.3 is 5.97 Å². The van der Waals surface area contributed by atoms with Crippen LogP contribution in [0.2, 0.25) is 15.1 Å². The fourth-order valence-corrected chi connectivity index (χ4v) is 2.68. The Hall–Kier alpha value is -2.35. The fourth-order valence-electron chi connectivity index (χ4n) is 2.00. The molecular weight excluding hydrogens is 407 g/mol. The van der Waals surface area contributed by atoms with Gasteiger partial charge in [-0.3, -0.25) is 14.9 Å². The standard InChI is InChI=1S/C16H11Cl3N2O5/c1-8-2-3-9(6-12(8)21(24)25)20-13(22)7-26-16(23)14-10(17)4-5-11(18)15(14)19/h2-6H,7H2,1H3,(H,20,22). The van der Waals surface area contributed by atoms with E-state index in [4.69, 9.17) is 39.5 Å². The highest BCUT2D eigenvalue weighted by molar-refractivity contribution is 6.46. The molecule has 1 N–H and O–H groups in total. The number of anilines is 1. The minimum absolute atomic E-state index is 0.0268. The SMILES string of the molecule is Cc1ccc(NC(=O)COC(=O)c2c(Cl)ccc(Cl)c2Cl)cc1[N+](=O)[O-]. The number of amides is 1. The van der Waals surface area contributed by atoms with Gasteiger partial charge < -0.3 is 10.1 Å². The van der Waals surface area contributed by atoms with Crippen LogP contribution in [0.1, 0.15) is 15.9 Å². The third-order valence-corrected chi connectivity index (χ3v) is 4.39. The number of hydrogen-bond donors (Lipinski definition) is 1. The van der Waals surface area contributed by atoms with Crippen molar-refractivity contribution in [1.82, 2.24) is 0 Å². The number of halogens is 3. The third kappa shape index (κ3) is 4.63. The van der Waals surface area contributed by atoms with Crippen molar-refractivity contribution in [3.05, 3.63) is 66.6 Å². The summed E-state index contributed by atoms with van der Waals surface area (Å²) in [6.07, 6.45) is 0. The minimum Gasteiger partial charge on any atom is -0.452 e. The molecule has 136 valence electrons. The van der Waals surface area contributed by atoms with Crippen molar-refractivity contribution in [3.8, 4) is 0 Å². The lowest BCUT2D eigenvalue weighted by atomic mass is 10.2. The maximum Gasteiger partial charge on any atom is 0.341 e. The highest BCUT2D eigenvalue weighted by Gasteiger charge is 2.20. The molecule has 0 unspecified atom stereocenters. The Kier molecular flexibility index (Phi) is 6.42. The van der Waals surface area contributed by atoms with Crippen molar-refractivity contribution < 1.29 is 19.2 Å². The molecule has 0 saturated heterocycles. The van der Waals surface area contributed by atoms with Gasteiger partial charge in [0.05, 0.1) is 25.6 Å². The molecule has 26 heavy (non-hydrogen) atoms. The molecule has 0 aliphatic rings. The van der Waals surface area contributed by atoms with Crippen molar-refractivity contribution in [1.29, 1.82) is 0 Å². The van der Waals surface area contributed by atoms with Gasteiger partial charge in [-0.15, -0.1) is 0 Å². The van der Waals surface area contributed by atoms with Crippen LogP contribution in [0.4, 0.5) is 11.4 Å². The summed E-state index contributed by atoms with van der Waals surface area (Å²) >= 11 is 17.6. The van der Waals surface area contributed by atoms with Gasteiger partial charge in [-0.25, -0.2) is 4.79 Å². The van der Waals surface area contributed by atoms with Crippen LogP contribution < -0.4 is 5.32 Å². The lowest BCUT2D eigenvalue weighted by Gasteiger charge is -2.09. The number of nitrogens with zero attached hydrogens (tertiary/aromatic N) is 1. The van der Waals surface area contributed by atoms with E-state index in [2.05, 4.69) is 5.32 Å². The van der Waals surface area contributed by atoms with Crippen LogP contribution in [-0.4, -0.2) is 23.4 Å². The third-order valence-electron chi connectivity index (χ3n) is 3.27. The molecule has 0 heterocycles. The zero-order valence-electron chi connectivity index (χ0n) is 13.2. The summed E-state index contributed by atoms with van der Waals surface area (Å²) in [5.41, 5.74) is 0.351. The van der Waals surface area contributed by atoms with E-state index in [0.717, 1.165) is 0 Å². The summed E-state index contributed by atoms with van der Waals surface area (Å²) in [7, 11) is 0. The summed E-state index contributed by atoms with van der Waals surface area (Å²) < 4.78 is 4.87. The van der Waals surface area contributed by atoms with E-state index in [-0.39, 0.29) is 32.0 Å². The smallest absolute Gasteiger partial charge is 0.341 e. The summed E-state index contributed by atoms with van der Waals surface area (Å²) in [5.74, 6) is -1.61. The lowest BCUT2D eigenvalue weighted by Crippen LogP contribution is -2.21. The molecule has 2 aromatic carbocycles. The number of rotatable bonds is 5. The molecule has 0 radical (unpaired) electrons. The molecule has 10 heteroatoms. The Morgan fingerprint density at radius 2 is 1.81 bits per heavy atom. The highest BCUT2D eigenvalue weighted by Crippen LogP contribution is 2.31. The first-order valence-corrected chi connectivity index (χ1v) is 8.19. The first-order chi connectivity index (χ1) is 12.2. The summed E-state index contributed by atoms with van der Waals surface area (Å²) in [5, 5.41) is 13.4. The van der Waals surface area contributed by atoms with Crippen molar-refractivity contribution in [2.45, 2.75) is 6.92 Å². The Balaban J connectivity index is 2.04. The molecule has 2 aromatic rings. The average Bonchev–Trinajstić information content (AvgIpc) is 2.58. The van der Waals surface area contributed by atoms with Gasteiger partial charge in [-0.1, -0.05) is 40.9 Å². The predicted octanol–water partition coefficient (Wildman–Crippen LogP) is 4.66. The van der Waals surface area contributed by atoms with Crippen molar-refractivity contribution in [3.63, 3.8) is 0 Å². The van der Waals surface area contributed by atoms with Crippen LogP contribution in [0.15, 0.2) is 30.3 Å². The zero-order valence-corrected chi connectivity index (χ0v) is 15.5. The quantitative estimate of drug-likeness (QED) is 0.330. The van der Waals surface area contributed by atoms with E-state index in [1.165, 1.54) is 30.3 Å². The van der Waals surface area contributed by atoms with E-state index in [0.29, 0.717) is 5.56 Å². The van der Waals surface area contributed by atoms with E-state index in [9.17, 15) is 19.7 Å². The summed E-state index contributed by atoms with van der Waals surface area (Å²) in [4.78, 5) is 34.3. The molecule has 0 aliphatic heterocycles. The monoisotopic (exact) mass is 416 g/mol. The first kappa shape index (κ1) is 20.0. The van der Waals surface area contributed by atoms with Gasteiger partial charge in [0.2, 0.25) is 0 Å². The Bertz CT molecular complexity index is 902. The molecule has 0 aliphatic carbocycles. The second-order valence-corrected chi connectivity index (χ2v) is 6.29. The van der Waals surface area contributed by atoms with Crippen LogP contribution in [0.25, 0.3) is 0 Å². The molecule has 7 nitrogen and oxygen atoms in total. The zero-order chi connectivity index (χ0) is 19.4. The maximum atomic E-state index is 12.1. The molecule has 0 fully saturated rings. The van der Waals surface area contributed by atoms with E-state index < -0.39 is 23.4 Å². The largest absolute Gasteiger partial charge is 0.452 e. The van der Waals surface area contributed by atoms with Crippen LogP contribution in [-0.2, 0) is 9.53 Å². The van der Waals surface area contributed by atoms with Gasteiger partial charge in [0, 0.05) is 17.3 Å². The number of carbonyl (C=O) groups is 2. The van der Waals surface area contributed by atoms with Crippen LogP contribution >= 0.6 is 34.8 Å². The normalized spacial score (nSPS) is 10.3. The van der Waals surface area contributed by atoms with Crippen molar-refractivity contribution in [2.24, 2.45) is 0 Å². The molecule has 0 bridgehead atoms. The van der Waals surface area contributed by atoms with Gasteiger partial charge in [0.25, 0.3) is 11.6 Å². The molecule has 0 aromatic heterocycles. The molecule has 2 rings (SSSR count). The Morgan fingerprint density at radius 1 is 1.15 bits per heavy atom. The number of carbonyl (C=O) groups excluding carboxylic acids is 2. The fraction of sp³-hybridized carbons (Fsp3) is 0.125. The van der Waals surface area contributed by atoms with Gasteiger partial charge in [-0.05, 0) is 25.1 Å². The summed E-state index contributed by atoms with van der Waals surface area (Å²) in [6, 6.07) is 6.98.